The molecular formula is C23H36N2O4S. The van der Waals surface area contributed by atoms with Gasteiger partial charge in [0.25, 0.3) is 0 Å². The summed E-state index contributed by atoms with van der Waals surface area (Å²) >= 11 is 0. The van der Waals surface area contributed by atoms with Gasteiger partial charge < -0.3 is 10.1 Å². The van der Waals surface area contributed by atoms with Crippen LogP contribution in [-0.4, -0.2) is 34.0 Å². The summed E-state index contributed by atoms with van der Waals surface area (Å²) in [5, 5.41) is 3.30. The van der Waals surface area contributed by atoms with Crippen LogP contribution in [0.2, 0.25) is 0 Å². The first-order valence-corrected chi connectivity index (χ1v) is 12.9. The van der Waals surface area contributed by atoms with Crippen LogP contribution < -0.4 is 14.8 Å². The van der Waals surface area contributed by atoms with Gasteiger partial charge in [-0.25, -0.2) is 13.1 Å². The van der Waals surface area contributed by atoms with Crippen LogP contribution >= 0.6 is 0 Å². The van der Waals surface area contributed by atoms with Gasteiger partial charge in [0.05, 0.1) is 12.0 Å². The van der Waals surface area contributed by atoms with E-state index in [1.807, 2.05) is 0 Å². The van der Waals surface area contributed by atoms with Gasteiger partial charge in [-0.1, -0.05) is 32.1 Å². The van der Waals surface area contributed by atoms with E-state index in [9.17, 15) is 13.2 Å². The molecule has 0 atom stereocenters. The highest BCUT2D eigenvalue weighted by Crippen LogP contribution is 2.29. The first-order chi connectivity index (χ1) is 14.5. The molecule has 2 fully saturated rings. The molecule has 0 saturated heterocycles. The topological polar surface area (TPSA) is 84.5 Å². The zero-order chi connectivity index (χ0) is 21.4. The molecule has 0 spiro atoms. The highest BCUT2D eigenvalue weighted by Gasteiger charge is 2.28. The average Bonchev–Trinajstić information content (AvgIpc) is 2.74. The Kier molecular flexibility index (Phi) is 8.57. The smallest absolute Gasteiger partial charge is 0.240 e. The van der Waals surface area contributed by atoms with Gasteiger partial charge in [0.1, 0.15) is 5.75 Å². The number of nitrogens with one attached hydrogen (secondary N) is 2. The van der Waals surface area contributed by atoms with E-state index in [4.69, 9.17) is 4.74 Å². The highest BCUT2D eigenvalue weighted by molar-refractivity contribution is 7.89. The zero-order valence-electron chi connectivity index (χ0n) is 18.1. The molecule has 0 unspecified atom stereocenters. The number of methoxy groups -OCH3 is 1. The molecule has 0 aromatic heterocycles. The molecule has 0 heterocycles. The second-order valence-corrected chi connectivity index (χ2v) is 10.6. The van der Waals surface area contributed by atoms with E-state index in [-0.39, 0.29) is 22.6 Å². The molecule has 1 aromatic carbocycles. The van der Waals surface area contributed by atoms with E-state index in [0.29, 0.717) is 18.3 Å². The van der Waals surface area contributed by atoms with Crippen LogP contribution in [0.3, 0.4) is 0 Å². The molecule has 0 radical (unpaired) electrons. The number of hydrogen-bond acceptors (Lipinski definition) is 4. The third kappa shape index (κ3) is 6.71. The van der Waals surface area contributed by atoms with Gasteiger partial charge >= 0.3 is 0 Å². The number of hydrogen-bond donors (Lipinski definition) is 2. The second-order valence-electron chi connectivity index (χ2n) is 8.80. The summed E-state index contributed by atoms with van der Waals surface area (Å²) in [7, 11) is -1.97. The fraction of sp³-hybridized carbons (Fsp3) is 0.696. The fourth-order valence-corrected chi connectivity index (χ4v) is 5.73. The van der Waals surface area contributed by atoms with Crippen molar-refractivity contribution in [3.63, 3.8) is 0 Å². The lowest BCUT2D eigenvalue weighted by Gasteiger charge is -2.30. The molecule has 7 heteroatoms. The number of carbonyl (C=O) groups is 1. The van der Waals surface area contributed by atoms with Crippen molar-refractivity contribution in [2.24, 2.45) is 11.8 Å². The summed E-state index contributed by atoms with van der Waals surface area (Å²) < 4.78 is 32.8. The lowest BCUT2D eigenvalue weighted by Crippen LogP contribution is -2.41. The minimum absolute atomic E-state index is 0.0740. The number of ether oxygens (including phenoxy) is 1. The van der Waals surface area contributed by atoms with Crippen molar-refractivity contribution >= 4 is 15.9 Å². The van der Waals surface area contributed by atoms with E-state index in [2.05, 4.69) is 10.0 Å². The third-order valence-electron chi connectivity index (χ3n) is 6.60. The highest BCUT2D eigenvalue weighted by atomic mass is 32.2. The van der Waals surface area contributed by atoms with Gasteiger partial charge in [-0.2, -0.15) is 0 Å². The standard InChI is InChI=1S/C23H36N2O4S/c1-29-21-13-15-22(16-14-21)30(27,28)24-17-18-9-11-19(12-10-18)23(26)25-20-7-5-3-2-4-6-8-20/h13-16,18-20,24H,2-12,17H2,1H3,(H,25,26). The largest absolute Gasteiger partial charge is 0.497 e. The van der Waals surface area contributed by atoms with Crippen molar-refractivity contribution in [3.8, 4) is 5.75 Å². The average molecular weight is 437 g/mol. The molecule has 6 nitrogen and oxygen atoms in total. The van der Waals surface area contributed by atoms with Crippen LogP contribution in [-0.2, 0) is 14.8 Å². The molecule has 3 rings (SSSR count). The number of benzene rings is 1. The lowest BCUT2D eigenvalue weighted by molar-refractivity contribution is -0.127. The fourth-order valence-electron chi connectivity index (χ4n) is 4.61. The molecule has 30 heavy (non-hydrogen) atoms. The van der Waals surface area contributed by atoms with Crippen molar-refractivity contribution in [2.45, 2.75) is 81.6 Å². The lowest BCUT2D eigenvalue weighted by atomic mass is 9.81. The van der Waals surface area contributed by atoms with Crippen LogP contribution in [0.1, 0.15) is 70.6 Å². The SMILES string of the molecule is COc1ccc(S(=O)(=O)NCC2CCC(C(=O)NC3CCCCCCC3)CC2)cc1. The molecule has 2 aliphatic rings. The monoisotopic (exact) mass is 436 g/mol. The van der Waals surface area contributed by atoms with Crippen LogP contribution in [0.25, 0.3) is 0 Å². The Morgan fingerprint density at radius 2 is 1.53 bits per heavy atom. The summed E-state index contributed by atoms with van der Waals surface area (Å²) in [5.41, 5.74) is 0. The van der Waals surface area contributed by atoms with Crippen molar-refractivity contribution in [1.29, 1.82) is 0 Å². The Labute approximate surface area is 181 Å². The third-order valence-corrected chi connectivity index (χ3v) is 8.04. The van der Waals surface area contributed by atoms with E-state index >= 15 is 0 Å². The summed E-state index contributed by atoms with van der Waals surface area (Å²) in [5.74, 6) is 1.19. The maximum atomic E-state index is 12.7. The summed E-state index contributed by atoms with van der Waals surface area (Å²) in [6.07, 6.45) is 12.0. The summed E-state index contributed by atoms with van der Waals surface area (Å²) in [6, 6.07) is 6.74. The number of carbonyl (C=O) groups excluding carboxylic acids is 1. The van der Waals surface area contributed by atoms with Crippen molar-refractivity contribution < 1.29 is 17.9 Å². The van der Waals surface area contributed by atoms with Crippen molar-refractivity contribution in [2.75, 3.05) is 13.7 Å². The molecule has 168 valence electrons. The van der Waals surface area contributed by atoms with Crippen LogP contribution in [0.4, 0.5) is 0 Å². The van der Waals surface area contributed by atoms with Gasteiger partial charge in [0.15, 0.2) is 0 Å². The first-order valence-electron chi connectivity index (χ1n) is 11.4. The minimum atomic E-state index is -3.52. The minimum Gasteiger partial charge on any atom is -0.497 e. The molecule has 0 bridgehead atoms. The maximum absolute atomic E-state index is 12.7. The molecule has 2 aliphatic carbocycles. The van der Waals surface area contributed by atoms with Crippen LogP contribution in [0, 0.1) is 11.8 Å². The van der Waals surface area contributed by atoms with Gasteiger partial charge in [-0.15, -0.1) is 0 Å². The number of rotatable bonds is 7. The second kappa shape index (κ2) is 11.1. The quantitative estimate of drug-likeness (QED) is 0.676. The predicted molar refractivity (Wildman–Crippen MR) is 118 cm³/mol. The Hall–Kier alpha value is -1.60. The molecule has 2 saturated carbocycles. The molecule has 1 aromatic rings. The van der Waals surface area contributed by atoms with Crippen LogP contribution in [0.5, 0.6) is 5.75 Å². The number of amides is 1. The first kappa shape index (κ1) is 23.1. The molecular weight excluding hydrogens is 400 g/mol. The Morgan fingerprint density at radius 1 is 0.933 bits per heavy atom. The van der Waals surface area contributed by atoms with E-state index in [0.717, 1.165) is 38.5 Å². The zero-order valence-corrected chi connectivity index (χ0v) is 18.9. The Balaban J connectivity index is 1.41. The van der Waals surface area contributed by atoms with Gasteiger partial charge in [0.2, 0.25) is 15.9 Å². The van der Waals surface area contributed by atoms with Gasteiger partial charge in [-0.3, -0.25) is 4.79 Å². The van der Waals surface area contributed by atoms with Crippen molar-refractivity contribution in [1.82, 2.24) is 10.0 Å². The van der Waals surface area contributed by atoms with Gasteiger partial charge in [0, 0.05) is 18.5 Å². The normalized spacial score (nSPS) is 23.9. The van der Waals surface area contributed by atoms with Crippen molar-refractivity contribution in [3.05, 3.63) is 24.3 Å². The predicted octanol–water partition coefficient (Wildman–Crippen LogP) is 4.01. The molecule has 2 N–H and O–H groups in total. The Bertz CT molecular complexity index is 763. The van der Waals surface area contributed by atoms with E-state index in [1.165, 1.54) is 32.1 Å². The van der Waals surface area contributed by atoms with E-state index in [1.54, 1.807) is 31.4 Å². The Morgan fingerprint density at radius 3 is 2.13 bits per heavy atom. The number of sulfonamides is 1. The molecule has 1 amide bonds. The maximum Gasteiger partial charge on any atom is 0.240 e. The summed E-state index contributed by atoms with van der Waals surface area (Å²) in [6.45, 7) is 0.422. The van der Waals surface area contributed by atoms with Gasteiger partial charge in [-0.05, 0) is 68.7 Å². The van der Waals surface area contributed by atoms with E-state index < -0.39 is 10.0 Å². The van der Waals surface area contributed by atoms with Crippen LogP contribution in [0.15, 0.2) is 29.2 Å². The summed E-state index contributed by atoms with van der Waals surface area (Å²) in [4.78, 5) is 12.9. The molecule has 0 aliphatic heterocycles.